The lowest BCUT2D eigenvalue weighted by Gasteiger charge is -2.19. The first-order valence-electron chi connectivity index (χ1n) is 9.87. The number of anilines is 1. The van der Waals surface area contributed by atoms with E-state index < -0.39 is 4.92 Å². The number of rotatable bonds is 6. The molecule has 2 aromatic carbocycles. The number of amides is 1. The molecule has 1 fully saturated rings. The van der Waals surface area contributed by atoms with Crippen LogP contribution in [0.1, 0.15) is 36.8 Å². The topological polar surface area (TPSA) is 90.7 Å². The van der Waals surface area contributed by atoms with Crippen molar-refractivity contribution >= 4 is 35.1 Å². The molecule has 1 aliphatic carbocycles. The van der Waals surface area contributed by atoms with E-state index in [9.17, 15) is 14.9 Å². The molecule has 8 heteroatoms. The van der Waals surface area contributed by atoms with Gasteiger partial charge in [0.1, 0.15) is 5.75 Å². The molecule has 1 amide bonds. The summed E-state index contributed by atoms with van der Waals surface area (Å²) in [5.74, 6) is 0.204. The summed E-state index contributed by atoms with van der Waals surface area (Å²) in [6.45, 7) is 0.305. The van der Waals surface area contributed by atoms with Gasteiger partial charge in [-0.3, -0.25) is 14.9 Å². The summed E-state index contributed by atoms with van der Waals surface area (Å²) in [5.41, 5.74) is 1.77. The van der Waals surface area contributed by atoms with Crippen LogP contribution in [0.2, 0.25) is 0 Å². The number of fused-ring (bicyclic) bond motifs is 1. The predicted octanol–water partition coefficient (Wildman–Crippen LogP) is 5.15. The van der Waals surface area contributed by atoms with Crippen LogP contribution in [-0.4, -0.2) is 22.9 Å². The highest BCUT2D eigenvalue weighted by Gasteiger charge is 2.20. The van der Waals surface area contributed by atoms with Gasteiger partial charge < -0.3 is 14.8 Å². The first-order chi connectivity index (χ1) is 14.6. The number of nitro groups is 1. The molecule has 0 aromatic heterocycles. The Morgan fingerprint density at radius 2 is 2.03 bits per heavy atom. The van der Waals surface area contributed by atoms with Crippen molar-refractivity contribution in [3.63, 3.8) is 0 Å². The fourth-order valence-electron chi connectivity index (χ4n) is 3.66. The van der Waals surface area contributed by atoms with Crippen molar-refractivity contribution < 1.29 is 19.2 Å². The van der Waals surface area contributed by atoms with Gasteiger partial charge in [0, 0.05) is 39.5 Å². The van der Waals surface area contributed by atoms with Gasteiger partial charge >= 0.3 is 0 Å². The monoisotopic (exact) mass is 426 g/mol. The molecule has 1 heterocycles. The van der Waals surface area contributed by atoms with Gasteiger partial charge in [-0.05, 0) is 31.1 Å². The molecule has 0 spiro atoms. The predicted molar refractivity (Wildman–Crippen MR) is 116 cm³/mol. The standard InChI is InChI=1S/C22H22N2O5S/c25-21(23-19-7-3-4-8-20(19)30-18-5-1-2-6-18)10-9-15-11-17(24(26)27)12-16-13-28-14-29-22(15)16/h3-4,7-12,18H,1-2,5-6,13-14H2,(H,23,25)/b10-9+. The molecule has 1 aliphatic heterocycles. The van der Waals surface area contributed by atoms with E-state index in [1.165, 1.54) is 43.9 Å². The van der Waals surface area contributed by atoms with E-state index in [1.54, 1.807) is 6.08 Å². The Kier molecular flexibility index (Phi) is 6.35. The summed E-state index contributed by atoms with van der Waals surface area (Å²) in [7, 11) is 0. The average Bonchev–Trinajstić information content (AvgIpc) is 3.26. The Morgan fingerprint density at radius 3 is 2.83 bits per heavy atom. The van der Waals surface area contributed by atoms with Crippen LogP contribution in [0.3, 0.4) is 0 Å². The number of nitro benzene ring substituents is 1. The summed E-state index contributed by atoms with van der Waals surface area (Å²) in [5, 5.41) is 14.7. The van der Waals surface area contributed by atoms with Crippen molar-refractivity contribution in [3.05, 3.63) is 63.7 Å². The number of para-hydroxylation sites is 1. The van der Waals surface area contributed by atoms with Crippen molar-refractivity contribution in [1.29, 1.82) is 0 Å². The normalized spacial score (nSPS) is 16.3. The summed E-state index contributed by atoms with van der Waals surface area (Å²) in [6, 6.07) is 10.6. The van der Waals surface area contributed by atoms with E-state index in [-0.39, 0.29) is 25.0 Å². The zero-order valence-electron chi connectivity index (χ0n) is 16.3. The van der Waals surface area contributed by atoms with Crippen LogP contribution in [0, 0.1) is 10.1 Å². The molecular weight excluding hydrogens is 404 g/mol. The van der Waals surface area contributed by atoms with E-state index >= 15 is 0 Å². The second-order valence-electron chi connectivity index (χ2n) is 7.23. The molecule has 0 unspecified atom stereocenters. The molecule has 0 bridgehead atoms. The maximum absolute atomic E-state index is 12.6. The van der Waals surface area contributed by atoms with Crippen LogP contribution in [0.4, 0.5) is 11.4 Å². The number of benzene rings is 2. The van der Waals surface area contributed by atoms with E-state index in [4.69, 9.17) is 9.47 Å². The highest BCUT2D eigenvalue weighted by Crippen LogP contribution is 2.38. The molecule has 0 saturated heterocycles. The van der Waals surface area contributed by atoms with Crippen LogP contribution in [0.5, 0.6) is 5.75 Å². The van der Waals surface area contributed by atoms with Crippen LogP contribution in [0.15, 0.2) is 47.4 Å². The Morgan fingerprint density at radius 1 is 1.23 bits per heavy atom. The second-order valence-corrected chi connectivity index (χ2v) is 8.58. The smallest absolute Gasteiger partial charge is 0.270 e. The van der Waals surface area contributed by atoms with Crippen molar-refractivity contribution in [3.8, 4) is 5.75 Å². The SMILES string of the molecule is O=C(/C=C/c1cc([N+](=O)[O-])cc2c1OCOC2)Nc1ccccc1SC1CCCC1. The number of nitrogens with one attached hydrogen (secondary N) is 1. The quantitative estimate of drug-likeness (QED) is 0.390. The lowest BCUT2D eigenvalue weighted by Crippen LogP contribution is -2.13. The molecule has 2 aromatic rings. The van der Waals surface area contributed by atoms with Crippen molar-refractivity contribution in [2.45, 2.75) is 42.4 Å². The Bertz CT molecular complexity index is 985. The molecule has 1 saturated carbocycles. The fourth-order valence-corrected chi connectivity index (χ4v) is 4.99. The third-order valence-corrected chi connectivity index (χ3v) is 6.50. The molecule has 156 valence electrons. The molecule has 0 atom stereocenters. The lowest BCUT2D eigenvalue weighted by molar-refractivity contribution is -0.385. The molecular formula is C22H22N2O5S. The minimum atomic E-state index is -0.469. The fraction of sp³-hybridized carbons (Fsp3) is 0.318. The van der Waals surface area contributed by atoms with Crippen molar-refractivity contribution in [2.24, 2.45) is 0 Å². The summed E-state index contributed by atoms with van der Waals surface area (Å²) in [6.07, 6.45) is 7.84. The number of ether oxygens (including phenoxy) is 2. The van der Waals surface area contributed by atoms with Gasteiger partial charge in [-0.15, -0.1) is 11.8 Å². The number of non-ortho nitro benzene ring substituents is 1. The molecule has 1 N–H and O–H groups in total. The van der Waals surface area contributed by atoms with Crippen LogP contribution < -0.4 is 10.1 Å². The highest BCUT2D eigenvalue weighted by atomic mass is 32.2. The zero-order valence-corrected chi connectivity index (χ0v) is 17.2. The van der Waals surface area contributed by atoms with Gasteiger partial charge in [-0.25, -0.2) is 0 Å². The first-order valence-corrected chi connectivity index (χ1v) is 10.7. The average molecular weight is 426 g/mol. The summed E-state index contributed by atoms with van der Waals surface area (Å²) >= 11 is 1.81. The first kappa shape index (κ1) is 20.4. The lowest BCUT2D eigenvalue weighted by atomic mass is 10.1. The van der Waals surface area contributed by atoms with Crippen LogP contribution >= 0.6 is 11.8 Å². The highest BCUT2D eigenvalue weighted by molar-refractivity contribution is 8.00. The minimum Gasteiger partial charge on any atom is -0.467 e. The molecule has 2 aliphatic rings. The van der Waals surface area contributed by atoms with Crippen LogP contribution in [0.25, 0.3) is 6.08 Å². The number of thioether (sulfide) groups is 1. The summed E-state index contributed by atoms with van der Waals surface area (Å²) in [4.78, 5) is 24.4. The van der Waals surface area contributed by atoms with E-state index in [1.807, 2.05) is 36.0 Å². The maximum atomic E-state index is 12.6. The van der Waals surface area contributed by atoms with Gasteiger partial charge in [-0.2, -0.15) is 0 Å². The maximum Gasteiger partial charge on any atom is 0.270 e. The minimum absolute atomic E-state index is 0.0683. The Balaban J connectivity index is 1.51. The van der Waals surface area contributed by atoms with Crippen molar-refractivity contribution in [1.82, 2.24) is 0 Å². The Labute approximate surface area is 178 Å². The largest absolute Gasteiger partial charge is 0.467 e. The molecule has 4 rings (SSSR count). The van der Waals surface area contributed by atoms with Gasteiger partial charge in [-0.1, -0.05) is 25.0 Å². The number of hydrogen-bond acceptors (Lipinski definition) is 6. The van der Waals surface area contributed by atoms with Gasteiger partial charge in [0.15, 0.2) is 6.79 Å². The van der Waals surface area contributed by atoms with Gasteiger partial charge in [0.25, 0.3) is 5.69 Å². The zero-order chi connectivity index (χ0) is 20.9. The second kappa shape index (κ2) is 9.32. The molecule has 7 nitrogen and oxygen atoms in total. The third-order valence-electron chi connectivity index (χ3n) is 5.09. The number of carbonyl (C=O) groups excluding carboxylic acids is 1. The Hall–Kier alpha value is -2.84. The third kappa shape index (κ3) is 4.83. The number of hydrogen-bond donors (Lipinski definition) is 1. The number of carbonyl (C=O) groups is 1. The van der Waals surface area contributed by atoms with Crippen LogP contribution in [-0.2, 0) is 16.1 Å². The van der Waals surface area contributed by atoms with Crippen molar-refractivity contribution in [2.75, 3.05) is 12.1 Å². The molecule has 30 heavy (non-hydrogen) atoms. The van der Waals surface area contributed by atoms with E-state index in [2.05, 4.69) is 5.32 Å². The van der Waals surface area contributed by atoms with Gasteiger partial charge in [0.05, 0.1) is 17.2 Å². The summed E-state index contributed by atoms with van der Waals surface area (Å²) < 4.78 is 10.7. The molecule has 0 radical (unpaired) electrons. The van der Waals surface area contributed by atoms with E-state index in [0.717, 1.165) is 10.6 Å². The van der Waals surface area contributed by atoms with E-state index in [0.29, 0.717) is 22.1 Å². The number of nitrogens with zero attached hydrogens (tertiary/aromatic N) is 1. The van der Waals surface area contributed by atoms with Gasteiger partial charge in [0.2, 0.25) is 5.91 Å².